The molecule has 0 spiro atoms. The maximum atomic E-state index is 4.61. The minimum Gasteiger partial charge on any atom is -0.357 e. The molecular formula is C15H28N4S. The summed E-state index contributed by atoms with van der Waals surface area (Å²) in [5, 5.41) is 10.9. The maximum Gasteiger partial charge on any atom is 0.191 e. The predicted molar refractivity (Wildman–Crippen MR) is 89.5 cm³/mol. The van der Waals surface area contributed by atoms with Crippen molar-refractivity contribution in [1.29, 1.82) is 0 Å². The number of likely N-dealkylation sites (N-methyl/N-ethyl adjacent to an activating group) is 1. The van der Waals surface area contributed by atoms with Crippen LogP contribution in [0.15, 0.2) is 21.8 Å². The first-order valence-electron chi connectivity index (χ1n) is 7.55. The van der Waals surface area contributed by atoms with Crippen LogP contribution in [-0.4, -0.2) is 43.6 Å². The van der Waals surface area contributed by atoms with E-state index in [0.29, 0.717) is 0 Å². The van der Waals surface area contributed by atoms with Gasteiger partial charge in [0.25, 0.3) is 0 Å². The largest absolute Gasteiger partial charge is 0.357 e. The van der Waals surface area contributed by atoms with Gasteiger partial charge in [-0.15, -0.1) is 0 Å². The van der Waals surface area contributed by atoms with Crippen molar-refractivity contribution in [2.45, 2.75) is 33.7 Å². The van der Waals surface area contributed by atoms with Crippen molar-refractivity contribution in [3.05, 3.63) is 22.4 Å². The highest BCUT2D eigenvalue weighted by Crippen LogP contribution is 2.06. The molecule has 0 aliphatic carbocycles. The second-order valence-electron chi connectivity index (χ2n) is 4.69. The summed E-state index contributed by atoms with van der Waals surface area (Å²) in [6.45, 7) is 12.4. The molecule has 1 aromatic rings. The highest BCUT2D eigenvalue weighted by Gasteiger charge is 2.02. The van der Waals surface area contributed by atoms with E-state index in [1.807, 2.05) is 0 Å². The van der Waals surface area contributed by atoms with Crippen LogP contribution in [0.25, 0.3) is 0 Å². The quantitative estimate of drug-likeness (QED) is 0.543. The van der Waals surface area contributed by atoms with Crippen LogP contribution in [0.5, 0.6) is 0 Å². The summed E-state index contributed by atoms with van der Waals surface area (Å²) in [6.07, 6.45) is 1.21. The van der Waals surface area contributed by atoms with Gasteiger partial charge in [0.1, 0.15) is 0 Å². The van der Waals surface area contributed by atoms with E-state index in [1.165, 1.54) is 18.5 Å². The third kappa shape index (κ3) is 6.91. The van der Waals surface area contributed by atoms with E-state index >= 15 is 0 Å². The van der Waals surface area contributed by atoms with E-state index in [1.54, 1.807) is 11.3 Å². The Morgan fingerprint density at radius 1 is 1.25 bits per heavy atom. The van der Waals surface area contributed by atoms with Crippen molar-refractivity contribution in [3.63, 3.8) is 0 Å². The van der Waals surface area contributed by atoms with Crippen molar-refractivity contribution in [3.8, 4) is 0 Å². The van der Waals surface area contributed by atoms with Gasteiger partial charge in [-0.1, -0.05) is 13.8 Å². The van der Waals surface area contributed by atoms with Crippen LogP contribution in [0.1, 0.15) is 32.8 Å². The lowest BCUT2D eigenvalue weighted by Gasteiger charge is -2.20. The minimum atomic E-state index is 0.741. The molecule has 0 aliphatic heterocycles. The molecule has 0 aromatic carbocycles. The summed E-state index contributed by atoms with van der Waals surface area (Å²) < 4.78 is 0. The van der Waals surface area contributed by atoms with Crippen LogP contribution in [0, 0.1) is 0 Å². The van der Waals surface area contributed by atoms with Crippen molar-refractivity contribution in [2.24, 2.45) is 4.99 Å². The van der Waals surface area contributed by atoms with Gasteiger partial charge in [-0.3, -0.25) is 0 Å². The number of hydrogen-bond acceptors (Lipinski definition) is 3. The summed E-state index contributed by atoms with van der Waals surface area (Å²) in [5.74, 6) is 0.909. The number of rotatable bonds is 9. The minimum absolute atomic E-state index is 0.741. The SMILES string of the molecule is CCCN(CC)CCNC(=NCc1ccsc1)NCC. The van der Waals surface area contributed by atoms with Gasteiger partial charge in [0, 0.05) is 19.6 Å². The fourth-order valence-corrected chi connectivity index (χ4v) is 2.63. The van der Waals surface area contributed by atoms with Crippen molar-refractivity contribution in [1.82, 2.24) is 15.5 Å². The molecule has 1 aromatic heterocycles. The number of nitrogens with zero attached hydrogens (tertiary/aromatic N) is 2. The Morgan fingerprint density at radius 2 is 2.10 bits per heavy atom. The van der Waals surface area contributed by atoms with E-state index in [4.69, 9.17) is 0 Å². The zero-order chi connectivity index (χ0) is 14.6. The first-order chi connectivity index (χ1) is 9.80. The van der Waals surface area contributed by atoms with Gasteiger partial charge < -0.3 is 15.5 Å². The predicted octanol–water partition coefficient (Wildman–Crippen LogP) is 2.54. The summed E-state index contributed by atoms with van der Waals surface area (Å²) in [5.41, 5.74) is 1.27. The molecule has 0 saturated heterocycles. The van der Waals surface area contributed by atoms with Gasteiger partial charge in [-0.05, 0) is 48.8 Å². The van der Waals surface area contributed by atoms with Gasteiger partial charge in [0.2, 0.25) is 0 Å². The lowest BCUT2D eigenvalue weighted by Crippen LogP contribution is -2.41. The fourth-order valence-electron chi connectivity index (χ4n) is 1.97. The second kappa shape index (κ2) is 10.7. The molecule has 0 bridgehead atoms. The van der Waals surface area contributed by atoms with Crippen LogP contribution in [0.4, 0.5) is 0 Å². The van der Waals surface area contributed by atoms with Crippen LogP contribution in [0.2, 0.25) is 0 Å². The van der Waals surface area contributed by atoms with Crippen LogP contribution in [-0.2, 0) is 6.54 Å². The molecule has 0 saturated carbocycles. The van der Waals surface area contributed by atoms with E-state index in [9.17, 15) is 0 Å². The fraction of sp³-hybridized carbons (Fsp3) is 0.667. The number of aliphatic imine (C=N–C) groups is 1. The Bertz CT molecular complexity index is 362. The Labute approximate surface area is 127 Å². The zero-order valence-electron chi connectivity index (χ0n) is 13.0. The van der Waals surface area contributed by atoms with Gasteiger partial charge in [-0.25, -0.2) is 4.99 Å². The number of hydrogen-bond donors (Lipinski definition) is 2. The van der Waals surface area contributed by atoms with Gasteiger partial charge >= 0.3 is 0 Å². The summed E-state index contributed by atoms with van der Waals surface area (Å²) in [7, 11) is 0. The van der Waals surface area contributed by atoms with E-state index < -0.39 is 0 Å². The molecule has 0 amide bonds. The summed E-state index contributed by atoms with van der Waals surface area (Å²) in [4.78, 5) is 7.06. The monoisotopic (exact) mass is 296 g/mol. The summed E-state index contributed by atoms with van der Waals surface area (Å²) in [6, 6.07) is 2.12. The van der Waals surface area contributed by atoms with E-state index in [2.05, 4.69) is 58.1 Å². The molecule has 5 heteroatoms. The van der Waals surface area contributed by atoms with Crippen molar-refractivity contribution < 1.29 is 0 Å². The summed E-state index contributed by atoms with van der Waals surface area (Å²) >= 11 is 1.72. The maximum absolute atomic E-state index is 4.61. The second-order valence-corrected chi connectivity index (χ2v) is 5.47. The topological polar surface area (TPSA) is 39.7 Å². The van der Waals surface area contributed by atoms with E-state index in [-0.39, 0.29) is 0 Å². The number of guanidine groups is 1. The van der Waals surface area contributed by atoms with Crippen molar-refractivity contribution in [2.75, 3.05) is 32.7 Å². The third-order valence-electron chi connectivity index (χ3n) is 3.05. The molecule has 1 rings (SSSR count). The average Bonchev–Trinajstić information content (AvgIpc) is 2.97. The van der Waals surface area contributed by atoms with Gasteiger partial charge in [0.15, 0.2) is 5.96 Å². The van der Waals surface area contributed by atoms with Gasteiger partial charge in [0.05, 0.1) is 6.54 Å². The molecule has 114 valence electrons. The molecule has 1 heterocycles. The first-order valence-corrected chi connectivity index (χ1v) is 8.50. The standard InChI is InChI=1S/C15H28N4S/c1-4-9-19(6-3)10-8-17-15(16-5-2)18-12-14-7-11-20-13-14/h7,11,13H,4-6,8-10,12H2,1-3H3,(H2,16,17,18). The zero-order valence-corrected chi connectivity index (χ0v) is 13.8. The molecule has 0 fully saturated rings. The lowest BCUT2D eigenvalue weighted by atomic mass is 10.3. The number of nitrogens with one attached hydrogen (secondary N) is 2. The highest BCUT2D eigenvalue weighted by atomic mass is 32.1. The van der Waals surface area contributed by atoms with E-state index in [0.717, 1.165) is 38.7 Å². The molecule has 0 atom stereocenters. The van der Waals surface area contributed by atoms with Crippen LogP contribution >= 0.6 is 11.3 Å². The van der Waals surface area contributed by atoms with Gasteiger partial charge in [-0.2, -0.15) is 11.3 Å². The Morgan fingerprint density at radius 3 is 2.70 bits per heavy atom. The molecule has 0 radical (unpaired) electrons. The molecule has 2 N–H and O–H groups in total. The molecule has 20 heavy (non-hydrogen) atoms. The molecule has 0 unspecified atom stereocenters. The van der Waals surface area contributed by atoms with Crippen LogP contribution < -0.4 is 10.6 Å². The third-order valence-corrected chi connectivity index (χ3v) is 3.78. The smallest absolute Gasteiger partial charge is 0.191 e. The number of thiophene rings is 1. The first kappa shape index (κ1) is 17.0. The highest BCUT2D eigenvalue weighted by molar-refractivity contribution is 7.07. The van der Waals surface area contributed by atoms with Crippen LogP contribution in [0.3, 0.4) is 0 Å². The Hall–Kier alpha value is -1.07. The molecule has 4 nitrogen and oxygen atoms in total. The normalized spacial score (nSPS) is 11.9. The molecular weight excluding hydrogens is 268 g/mol. The lowest BCUT2D eigenvalue weighted by molar-refractivity contribution is 0.293. The average molecular weight is 296 g/mol. The van der Waals surface area contributed by atoms with Crippen molar-refractivity contribution >= 4 is 17.3 Å². The molecule has 0 aliphatic rings. The Kier molecular flexibility index (Phi) is 9.07. The Balaban J connectivity index is 2.36.